The Kier molecular flexibility index (Phi) is 7.71. The van der Waals surface area contributed by atoms with E-state index in [9.17, 15) is 9.59 Å². The van der Waals surface area contributed by atoms with Gasteiger partial charge in [0.05, 0.1) is 19.6 Å². The third-order valence-corrected chi connectivity index (χ3v) is 3.66. The number of nitrogens with zero attached hydrogens (tertiary/aromatic N) is 1. The van der Waals surface area contributed by atoms with Crippen molar-refractivity contribution in [3.63, 3.8) is 0 Å². The average Bonchev–Trinajstić information content (AvgIpc) is 2.88. The molecule has 1 amide bonds. The van der Waals surface area contributed by atoms with Crippen LogP contribution < -0.4 is 0 Å². The molecule has 0 saturated heterocycles. The lowest BCUT2D eigenvalue weighted by molar-refractivity contribution is -0.132. The standard InChI is InChI=1S/C15H21NO4S/c1-3-7-20-8-6-14(17)16(2)10-13-9-12(11-21-13)4-5-15(18)19/h4-5,9,11H,3,6-8,10H2,1-2H3,(H,18,19). The predicted molar refractivity (Wildman–Crippen MR) is 83.2 cm³/mol. The van der Waals surface area contributed by atoms with Crippen molar-refractivity contribution in [3.8, 4) is 0 Å². The average molecular weight is 311 g/mol. The molecule has 1 aromatic heterocycles. The smallest absolute Gasteiger partial charge is 0.328 e. The number of carbonyl (C=O) groups is 2. The van der Waals surface area contributed by atoms with E-state index in [1.807, 2.05) is 18.4 Å². The number of rotatable bonds is 9. The van der Waals surface area contributed by atoms with Crippen LogP contribution in [0.25, 0.3) is 6.08 Å². The Morgan fingerprint density at radius 1 is 1.43 bits per heavy atom. The van der Waals surface area contributed by atoms with Gasteiger partial charge in [0.2, 0.25) is 5.91 Å². The molecule has 1 rings (SSSR count). The Balaban J connectivity index is 2.41. The molecule has 0 bridgehead atoms. The Morgan fingerprint density at radius 3 is 2.86 bits per heavy atom. The highest BCUT2D eigenvalue weighted by molar-refractivity contribution is 7.10. The summed E-state index contributed by atoms with van der Waals surface area (Å²) < 4.78 is 5.30. The first-order valence-electron chi connectivity index (χ1n) is 6.83. The summed E-state index contributed by atoms with van der Waals surface area (Å²) in [6.45, 7) is 3.69. The van der Waals surface area contributed by atoms with Gasteiger partial charge >= 0.3 is 5.97 Å². The van der Waals surface area contributed by atoms with Crippen LogP contribution in [-0.2, 0) is 20.9 Å². The van der Waals surface area contributed by atoms with E-state index in [1.165, 1.54) is 11.3 Å². The molecule has 1 aromatic rings. The molecule has 0 saturated carbocycles. The molecule has 0 spiro atoms. The minimum atomic E-state index is -0.970. The van der Waals surface area contributed by atoms with Gasteiger partial charge in [-0.15, -0.1) is 11.3 Å². The van der Waals surface area contributed by atoms with Crippen LogP contribution in [0, 0.1) is 0 Å². The molecule has 0 aliphatic rings. The zero-order chi connectivity index (χ0) is 15.7. The van der Waals surface area contributed by atoms with E-state index in [4.69, 9.17) is 9.84 Å². The van der Waals surface area contributed by atoms with Crippen LogP contribution >= 0.6 is 11.3 Å². The summed E-state index contributed by atoms with van der Waals surface area (Å²) in [6, 6.07) is 1.89. The third kappa shape index (κ3) is 7.06. The van der Waals surface area contributed by atoms with E-state index in [0.717, 1.165) is 22.9 Å². The number of carboxylic acids is 1. The maximum atomic E-state index is 11.9. The second-order valence-corrected chi connectivity index (χ2v) is 5.63. The van der Waals surface area contributed by atoms with Gasteiger partial charge in [-0.1, -0.05) is 6.92 Å². The molecule has 0 unspecified atom stereocenters. The van der Waals surface area contributed by atoms with Gasteiger partial charge in [0, 0.05) is 24.6 Å². The van der Waals surface area contributed by atoms with Crippen molar-refractivity contribution in [2.45, 2.75) is 26.3 Å². The fourth-order valence-electron chi connectivity index (χ4n) is 1.65. The van der Waals surface area contributed by atoms with Crippen molar-refractivity contribution < 1.29 is 19.4 Å². The molecule has 5 nitrogen and oxygen atoms in total. The number of carbonyl (C=O) groups excluding carboxylic acids is 1. The van der Waals surface area contributed by atoms with Crippen LogP contribution in [0.4, 0.5) is 0 Å². The lowest BCUT2D eigenvalue weighted by Gasteiger charge is -2.16. The molecule has 6 heteroatoms. The topological polar surface area (TPSA) is 66.8 Å². The van der Waals surface area contributed by atoms with Crippen LogP contribution in [0.3, 0.4) is 0 Å². The molecule has 0 aromatic carbocycles. The quantitative estimate of drug-likeness (QED) is 0.562. The molecule has 0 atom stereocenters. The summed E-state index contributed by atoms with van der Waals surface area (Å²) in [6.07, 6.45) is 3.98. The second-order valence-electron chi connectivity index (χ2n) is 4.63. The summed E-state index contributed by atoms with van der Waals surface area (Å²) in [7, 11) is 1.76. The first-order valence-corrected chi connectivity index (χ1v) is 7.71. The molecular formula is C15H21NO4S. The van der Waals surface area contributed by atoms with Gasteiger partial charge in [-0.25, -0.2) is 4.79 Å². The zero-order valence-corrected chi connectivity index (χ0v) is 13.2. The van der Waals surface area contributed by atoms with E-state index in [-0.39, 0.29) is 5.91 Å². The van der Waals surface area contributed by atoms with Crippen molar-refractivity contribution in [1.82, 2.24) is 4.90 Å². The SMILES string of the molecule is CCCOCCC(=O)N(C)Cc1cc(C=CC(=O)O)cs1. The molecule has 0 fully saturated rings. The molecule has 21 heavy (non-hydrogen) atoms. The van der Waals surface area contributed by atoms with Gasteiger partial charge in [0.15, 0.2) is 0 Å². The summed E-state index contributed by atoms with van der Waals surface area (Å²) in [4.78, 5) is 25.0. The number of hydrogen-bond acceptors (Lipinski definition) is 4. The highest BCUT2D eigenvalue weighted by atomic mass is 32.1. The van der Waals surface area contributed by atoms with Crippen LogP contribution in [0.15, 0.2) is 17.5 Å². The van der Waals surface area contributed by atoms with E-state index in [1.54, 1.807) is 18.0 Å². The van der Waals surface area contributed by atoms with Crippen molar-refractivity contribution in [2.75, 3.05) is 20.3 Å². The Hall–Kier alpha value is -1.66. The van der Waals surface area contributed by atoms with Gasteiger partial charge in [0.1, 0.15) is 0 Å². The van der Waals surface area contributed by atoms with Gasteiger partial charge < -0.3 is 14.7 Å². The van der Waals surface area contributed by atoms with Crippen molar-refractivity contribution in [1.29, 1.82) is 0 Å². The maximum absolute atomic E-state index is 11.9. The van der Waals surface area contributed by atoms with Crippen LogP contribution in [0.5, 0.6) is 0 Å². The fraction of sp³-hybridized carbons (Fsp3) is 0.467. The lowest BCUT2D eigenvalue weighted by Crippen LogP contribution is -2.26. The van der Waals surface area contributed by atoms with Crippen molar-refractivity contribution in [3.05, 3.63) is 28.0 Å². The Labute approximate surface area is 128 Å². The summed E-state index contributed by atoms with van der Waals surface area (Å²) in [5, 5.41) is 10.4. The van der Waals surface area contributed by atoms with Gasteiger partial charge in [0.25, 0.3) is 0 Å². The summed E-state index contributed by atoms with van der Waals surface area (Å²) >= 11 is 1.51. The van der Waals surface area contributed by atoms with Crippen LogP contribution in [0.1, 0.15) is 30.2 Å². The largest absolute Gasteiger partial charge is 0.478 e. The first kappa shape index (κ1) is 17.4. The highest BCUT2D eigenvalue weighted by Crippen LogP contribution is 2.17. The Bertz CT molecular complexity index is 496. The van der Waals surface area contributed by atoms with Gasteiger partial charge in [-0.05, 0) is 29.5 Å². The lowest BCUT2D eigenvalue weighted by atomic mass is 10.2. The van der Waals surface area contributed by atoms with Gasteiger partial charge in [-0.3, -0.25) is 4.79 Å². The minimum Gasteiger partial charge on any atom is -0.478 e. The maximum Gasteiger partial charge on any atom is 0.328 e. The number of hydrogen-bond donors (Lipinski definition) is 1. The molecule has 1 heterocycles. The Morgan fingerprint density at radius 2 is 2.19 bits per heavy atom. The number of ether oxygens (including phenoxy) is 1. The van der Waals surface area contributed by atoms with Crippen LogP contribution in [-0.4, -0.2) is 42.1 Å². The van der Waals surface area contributed by atoms with E-state index >= 15 is 0 Å². The number of amides is 1. The molecular weight excluding hydrogens is 290 g/mol. The summed E-state index contributed by atoms with van der Waals surface area (Å²) in [5.74, 6) is -0.927. The molecule has 1 N–H and O–H groups in total. The second kappa shape index (κ2) is 9.31. The van der Waals surface area contributed by atoms with E-state index in [0.29, 0.717) is 26.2 Å². The first-order chi connectivity index (χ1) is 10.0. The van der Waals surface area contributed by atoms with Gasteiger partial charge in [-0.2, -0.15) is 0 Å². The predicted octanol–water partition coefficient (Wildman–Crippen LogP) is 2.62. The third-order valence-electron chi connectivity index (χ3n) is 2.72. The number of carboxylic acid groups (broad SMARTS) is 1. The minimum absolute atomic E-state index is 0.0436. The van der Waals surface area contributed by atoms with Crippen molar-refractivity contribution >= 4 is 29.3 Å². The molecule has 0 aliphatic heterocycles. The zero-order valence-electron chi connectivity index (χ0n) is 12.4. The summed E-state index contributed by atoms with van der Waals surface area (Å²) in [5.41, 5.74) is 0.838. The normalized spacial score (nSPS) is 11.0. The molecule has 0 radical (unpaired) electrons. The van der Waals surface area contributed by atoms with Crippen LogP contribution in [0.2, 0.25) is 0 Å². The fourth-order valence-corrected chi connectivity index (χ4v) is 2.56. The number of aliphatic carboxylic acids is 1. The number of thiophene rings is 1. The van der Waals surface area contributed by atoms with E-state index in [2.05, 4.69) is 0 Å². The molecule has 0 aliphatic carbocycles. The van der Waals surface area contributed by atoms with E-state index < -0.39 is 5.97 Å². The monoisotopic (exact) mass is 311 g/mol. The highest BCUT2D eigenvalue weighted by Gasteiger charge is 2.10. The molecule has 116 valence electrons. The van der Waals surface area contributed by atoms with Crippen molar-refractivity contribution in [2.24, 2.45) is 0 Å².